The number of nitrogens with two attached hydrogens (primary N) is 1. The summed E-state index contributed by atoms with van der Waals surface area (Å²) in [5.74, 6) is 0.532. The summed E-state index contributed by atoms with van der Waals surface area (Å²) in [5, 5.41) is 9.72. The minimum Gasteiger partial charge on any atom is -0.497 e. The van der Waals surface area contributed by atoms with Crippen LogP contribution in [0.15, 0.2) is 22.6 Å². The van der Waals surface area contributed by atoms with Gasteiger partial charge >= 0.3 is 6.01 Å². The van der Waals surface area contributed by atoms with E-state index >= 15 is 0 Å². The monoisotopic (exact) mass is 248 g/mol. The number of carbonyl (C=O) groups is 1. The molecule has 94 valence electrons. The second-order valence-corrected chi connectivity index (χ2v) is 3.53. The van der Waals surface area contributed by atoms with Crippen molar-refractivity contribution in [1.82, 2.24) is 10.2 Å². The maximum atomic E-state index is 11.9. The van der Waals surface area contributed by atoms with Crippen LogP contribution in [0.25, 0.3) is 0 Å². The first-order valence-electron chi connectivity index (χ1n) is 5.15. The van der Waals surface area contributed by atoms with Gasteiger partial charge in [0.2, 0.25) is 5.89 Å². The Morgan fingerprint density at radius 1 is 1.44 bits per heavy atom. The van der Waals surface area contributed by atoms with Gasteiger partial charge in [0, 0.05) is 18.7 Å². The lowest BCUT2D eigenvalue weighted by atomic mass is 10.1. The lowest BCUT2D eigenvalue weighted by Crippen LogP contribution is -2.14. The Morgan fingerprint density at radius 2 is 2.22 bits per heavy atom. The van der Waals surface area contributed by atoms with E-state index in [1.165, 1.54) is 7.11 Å². The Bertz CT molecular complexity index is 579. The zero-order valence-electron chi connectivity index (χ0n) is 9.93. The van der Waals surface area contributed by atoms with Crippen LogP contribution in [0.5, 0.6) is 5.75 Å². The van der Waals surface area contributed by atoms with Crippen LogP contribution in [0.1, 0.15) is 16.2 Å². The molecule has 0 spiro atoms. The second kappa shape index (κ2) is 4.74. The number of methoxy groups -OCH3 is 1. The Balaban J connectivity index is 2.18. The first-order chi connectivity index (χ1) is 8.60. The fraction of sp³-hybridized carbons (Fsp3) is 0.182. The smallest absolute Gasteiger partial charge is 0.322 e. The van der Waals surface area contributed by atoms with Crippen molar-refractivity contribution in [3.63, 3.8) is 0 Å². The number of nitrogen functional groups attached to an aromatic ring is 1. The molecule has 0 radical (unpaired) electrons. The highest BCUT2D eigenvalue weighted by Gasteiger charge is 2.13. The lowest BCUT2D eigenvalue weighted by Gasteiger charge is -2.06. The minimum atomic E-state index is -0.418. The number of benzene rings is 1. The zero-order chi connectivity index (χ0) is 13.1. The quantitative estimate of drug-likeness (QED) is 0.791. The molecular weight excluding hydrogens is 236 g/mol. The third-order valence-electron chi connectivity index (χ3n) is 2.25. The van der Waals surface area contributed by atoms with Gasteiger partial charge < -0.3 is 14.9 Å². The maximum Gasteiger partial charge on any atom is 0.322 e. The molecule has 0 fully saturated rings. The summed E-state index contributed by atoms with van der Waals surface area (Å²) < 4.78 is 10.0. The molecule has 0 aliphatic heterocycles. The van der Waals surface area contributed by atoms with Crippen molar-refractivity contribution in [2.75, 3.05) is 18.2 Å². The molecule has 1 aromatic heterocycles. The van der Waals surface area contributed by atoms with Gasteiger partial charge in [0.05, 0.1) is 12.7 Å². The number of rotatable bonds is 3. The number of carbonyl (C=O) groups excluding carboxylic acids is 1. The van der Waals surface area contributed by atoms with Gasteiger partial charge in [-0.2, -0.15) is 0 Å². The van der Waals surface area contributed by atoms with E-state index in [0.29, 0.717) is 22.9 Å². The molecule has 0 aliphatic carbocycles. The number of hydrogen-bond donors (Lipinski definition) is 2. The van der Waals surface area contributed by atoms with Gasteiger partial charge in [-0.25, -0.2) is 0 Å². The summed E-state index contributed by atoms with van der Waals surface area (Å²) in [7, 11) is 1.52. The minimum absolute atomic E-state index is 0.0349. The second-order valence-electron chi connectivity index (χ2n) is 3.53. The summed E-state index contributed by atoms with van der Waals surface area (Å²) in [6.07, 6.45) is 0. The maximum absolute atomic E-state index is 11.9. The number of anilines is 2. The molecule has 0 saturated carbocycles. The predicted octanol–water partition coefficient (Wildman–Crippen LogP) is 1.22. The molecule has 0 saturated heterocycles. The molecule has 2 rings (SSSR count). The van der Waals surface area contributed by atoms with E-state index in [1.54, 1.807) is 25.1 Å². The first-order valence-corrected chi connectivity index (χ1v) is 5.15. The van der Waals surface area contributed by atoms with Crippen molar-refractivity contribution in [1.29, 1.82) is 0 Å². The molecule has 18 heavy (non-hydrogen) atoms. The van der Waals surface area contributed by atoms with Crippen molar-refractivity contribution < 1.29 is 13.9 Å². The molecule has 1 aromatic carbocycles. The summed E-state index contributed by atoms with van der Waals surface area (Å²) in [6.45, 7) is 1.63. The molecule has 1 heterocycles. The average Bonchev–Trinajstić information content (AvgIpc) is 2.74. The van der Waals surface area contributed by atoms with E-state index in [1.807, 2.05) is 0 Å². The molecule has 3 N–H and O–H groups in total. The van der Waals surface area contributed by atoms with Crippen LogP contribution in [-0.4, -0.2) is 23.2 Å². The van der Waals surface area contributed by atoms with Crippen molar-refractivity contribution in [3.8, 4) is 5.75 Å². The Kier molecular flexibility index (Phi) is 3.13. The average molecular weight is 248 g/mol. The molecule has 0 unspecified atom stereocenters. The van der Waals surface area contributed by atoms with Gasteiger partial charge in [-0.1, -0.05) is 5.10 Å². The Hall–Kier alpha value is -2.57. The standard InChI is InChI=1S/C11H12N4O3/c1-6-14-15-11(18-6)13-10(16)8-4-3-7(17-2)5-9(8)12/h3-5H,12H2,1-2H3,(H,13,15,16). The zero-order valence-corrected chi connectivity index (χ0v) is 9.93. The lowest BCUT2D eigenvalue weighted by molar-refractivity contribution is 0.102. The molecule has 0 atom stereocenters. The van der Waals surface area contributed by atoms with Gasteiger partial charge in [0.25, 0.3) is 5.91 Å². The van der Waals surface area contributed by atoms with Crippen LogP contribution in [-0.2, 0) is 0 Å². The fourth-order valence-corrected chi connectivity index (χ4v) is 1.39. The number of ether oxygens (including phenoxy) is 1. The number of hydrogen-bond acceptors (Lipinski definition) is 6. The van der Waals surface area contributed by atoms with Crippen molar-refractivity contribution >= 4 is 17.6 Å². The fourth-order valence-electron chi connectivity index (χ4n) is 1.39. The SMILES string of the molecule is COc1ccc(C(=O)Nc2nnc(C)o2)c(N)c1. The van der Waals surface area contributed by atoms with Crippen molar-refractivity contribution in [3.05, 3.63) is 29.7 Å². The molecule has 7 heteroatoms. The molecular formula is C11H12N4O3. The number of nitrogens with one attached hydrogen (secondary N) is 1. The van der Waals surface area contributed by atoms with Crippen molar-refractivity contribution in [2.24, 2.45) is 0 Å². The van der Waals surface area contributed by atoms with Gasteiger partial charge in [0.1, 0.15) is 5.75 Å². The Morgan fingerprint density at radius 3 is 2.78 bits per heavy atom. The molecule has 2 aromatic rings. The highest BCUT2D eigenvalue weighted by molar-refractivity contribution is 6.06. The van der Waals surface area contributed by atoms with Crippen LogP contribution in [0.4, 0.5) is 11.7 Å². The van der Waals surface area contributed by atoms with Gasteiger partial charge in [0.15, 0.2) is 0 Å². The van der Waals surface area contributed by atoms with Crippen molar-refractivity contribution in [2.45, 2.75) is 6.92 Å². The molecule has 0 bridgehead atoms. The molecule has 7 nitrogen and oxygen atoms in total. The van der Waals surface area contributed by atoms with Crippen LogP contribution >= 0.6 is 0 Å². The van der Waals surface area contributed by atoms with Gasteiger partial charge in [-0.3, -0.25) is 10.1 Å². The third kappa shape index (κ3) is 2.40. The predicted molar refractivity (Wildman–Crippen MR) is 64.4 cm³/mol. The number of aryl methyl sites for hydroxylation is 1. The highest BCUT2D eigenvalue weighted by atomic mass is 16.5. The topological polar surface area (TPSA) is 103 Å². The van der Waals surface area contributed by atoms with Crippen LogP contribution in [0.2, 0.25) is 0 Å². The summed E-state index contributed by atoms with van der Waals surface area (Å²) in [4.78, 5) is 11.9. The molecule has 1 amide bonds. The van der Waals surface area contributed by atoms with E-state index in [2.05, 4.69) is 15.5 Å². The number of nitrogens with zero attached hydrogens (tertiary/aromatic N) is 2. The largest absolute Gasteiger partial charge is 0.497 e. The third-order valence-corrected chi connectivity index (χ3v) is 2.25. The van der Waals surface area contributed by atoms with E-state index in [4.69, 9.17) is 14.9 Å². The van der Waals surface area contributed by atoms with E-state index in [-0.39, 0.29) is 6.01 Å². The number of amides is 1. The normalized spacial score (nSPS) is 10.1. The van der Waals surface area contributed by atoms with Gasteiger partial charge in [-0.15, -0.1) is 5.10 Å². The Labute approximate surface area is 103 Å². The van der Waals surface area contributed by atoms with Crippen LogP contribution in [0.3, 0.4) is 0 Å². The number of aromatic nitrogens is 2. The summed E-state index contributed by atoms with van der Waals surface area (Å²) in [5.41, 5.74) is 6.37. The summed E-state index contributed by atoms with van der Waals surface area (Å²) >= 11 is 0. The van der Waals surface area contributed by atoms with Crippen LogP contribution < -0.4 is 15.8 Å². The van der Waals surface area contributed by atoms with E-state index in [0.717, 1.165) is 0 Å². The van der Waals surface area contributed by atoms with Gasteiger partial charge in [-0.05, 0) is 12.1 Å². The highest BCUT2D eigenvalue weighted by Crippen LogP contribution is 2.20. The summed E-state index contributed by atoms with van der Waals surface area (Å²) in [6, 6.07) is 4.80. The first kappa shape index (κ1) is 11.9. The van der Waals surface area contributed by atoms with Crippen LogP contribution in [0, 0.1) is 6.92 Å². The van der Waals surface area contributed by atoms with E-state index in [9.17, 15) is 4.79 Å². The molecule has 0 aliphatic rings. The van der Waals surface area contributed by atoms with E-state index < -0.39 is 5.91 Å².